The molecule has 0 aromatic rings. The lowest BCUT2D eigenvalue weighted by Crippen LogP contribution is -2.30. The molecule has 10 heavy (non-hydrogen) atoms. The van der Waals surface area contributed by atoms with Crippen LogP contribution in [0.25, 0.3) is 0 Å². The summed E-state index contributed by atoms with van der Waals surface area (Å²) in [7, 11) is 0. The highest BCUT2D eigenvalue weighted by Crippen LogP contribution is 2.32. The Balaban J connectivity index is 2.57. The minimum atomic E-state index is 0.279. The van der Waals surface area contributed by atoms with Crippen LogP contribution in [0.15, 0.2) is 0 Å². The van der Waals surface area contributed by atoms with Crippen molar-refractivity contribution in [3.05, 3.63) is 0 Å². The molecule has 1 nitrogen and oxygen atoms in total. The van der Waals surface area contributed by atoms with Gasteiger partial charge in [-0.2, -0.15) is 11.8 Å². The molecule has 1 aliphatic rings. The van der Waals surface area contributed by atoms with Crippen molar-refractivity contribution in [2.45, 2.75) is 37.7 Å². The van der Waals surface area contributed by atoms with Gasteiger partial charge in [0.15, 0.2) is 0 Å². The molecule has 0 saturated carbocycles. The second-order valence-corrected chi connectivity index (χ2v) is 4.93. The van der Waals surface area contributed by atoms with Gasteiger partial charge in [0.05, 0.1) is 0 Å². The smallest absolute Gasteiger partial charge is 0.137 e. The van der Waals surface area contributed by atoms with E-state index in [-0.39, 0.29) is 5.92 Å². The predicted molar refractivity (Wildman–Crippen MR) is 45.3 cm³/mol. The van der Waals surface area contributed by atoms with Crippen molar-refractivity contribution in [1.29, 1.82) is 0 Å². The third-order valence-electron chi connectivity index (χ3n) is 2.15. The molecule has 0 aromatic heterocycles. The Kier molecular flexibility index (Phi) is 2.40. The van der Waals surface area contributed by atoms with Crippen molar-refractivity contribution in [1.82, 2.24) is 0 Å². The van der Waals surface area contributed by atoms with E-state index < -0.39 is 0 Å². The van der Waals surface area contributed by atoms with Gasteiger partial charge in [0.1, 0.15) is 5.78 Å². The molecular weight excluding hydrogens is 144 g/mol. The molecule has 2 heteroatoms. The molecule has 1 heterocycles. The van der Waals surface area contributed by atoms with E-state index in [1.54, 1.807) is 0 Å². The zero-order valence-electron chi connectivity index (χ0n) is 6.76. The van der Waals surface area contributed by atoms with E-state index in [1.807, 2.05) is 18.7 Å². The van der Waals surface area contributed by atoms with E-state index in [4.69, 9.17) is 0 Å². The molecule has 1 aliphatic heterocycles. The van der Waals surface area contributed by atoms with Crippen LogP contribution in [0.4, 0.5) is 0 Å². The minimum Gasteiger partial charge on any atom is -0.299 e. The molecule has 0 radical (unpaired) electrons. The Morgan fingerprint density at radius 2 is 2.00 bits per heavy atom. The SMILES string of the molecule is CC1CC(=O)C(C)C(C)S1. The van der Waals surface area contributed by atoms with Crippen LogP contribution in [0.5, 0.6) is 0 Å². The van der Waals surface area contributed by atoms with Gasteiger partial charge < -0.3 is 0 Å². The average Bonchev–Trinajstić information content (AvgIpc) is 1.82. The number of ketones is 1. The van der Waals surface area contributed by atoms with E-state index in [0.717, 1.165) is 6.42 Å². The van der Waals surface area contributed by atoms with Gasteiger partial charge in [-0.3, -0.25) is 4.79 Å². The topological polar surface area (TPSA) is 17.1 Å². The molecule has 3 atom stereocenters. The molecule has 0 amide bonds. The zero-order valence-corrected chi connectivity index (χ0v) is 7.57. The average molecular weight is 158 g/mol. The van der Waals surface area contributed by atoms with Crippen molar-refractivity contribution in [2.75, 3.05) is 0 Å². The number of thioether (sulfide) groups is 1. The second-order valence-electron chi connectivity index (χ2n) is 3.11. The Morgan fingerprint density at radius 1 is 1.40 bits per heavy atom. The molecule has 1 fully saturated rings. The van der Waals surface area contributed by atoms with E-state index in [2.05, 4.69) is 13.8 Å². The maximum Gasteiger partial charge on any atom is 0.137 e. The molecular formula is C8H14OS. The summed E-state index contributed by atoms with van der Waals surface area (Å²) in [6.45, 7) is 6.31. The predicted octanol–water partition coefficient (Wildman–Crippen LogP) is 2.11. The normalized spacial score (nSPS) is 41.9. The Bertz CT molecular complexity index is 144. The lowest BCUT2D eigenvalue weighted by atomic mass is 9.99. The van der Waals surface area contributed by atoms with Gasteiger partial charge in [0.25, 0.3) is 0 Å². The van der Waals surface area contributed by atoms with E-state index in [1.165, 1.54) is 0 Å². The Morgan fingerprint density at radius 3 is 2.50 bits per heavy atom. The van der Waals surface area contributed by atoms with Crippen LogP contribution in [0.1, 0.15) is 27.2 Å². The molecule has 0 aromatic carbocycles. The summed E-state index contributed by atoms with van der Waals surface area (Å²) in [5, 5.41) is 1.06. The molecule has 0 N–H and O–H groups in total. The van der Waals surface area contributed by atoms with E-state index in [9.17, 15) is 4.79 Å². The minimum absolute atomic E-state index is 0.279. The Hall–Kier alpha value is 0.0200. The van der Waals surface area contributed by atoms with Crippen LogP contribution in [0.2, 0.25) is 0 Å². The van der Waals surface area contributed by atoms with Crippen LogP contribution < -0.4 is 0 Å². The lowest BCUT2D eigenvalue weighted by molar-refractivity contribution is -0.122. The first-order valence-corrected chi connectivity index (χ1v) is 4.73. The lowest BCUT2D eigenvalue weighted by Gasteiger charge is -2.28. The number of carbonyl (C=O) groups is 1. The summed E-state index contributed by atoms with van der Waals surface area (Å²) >= 11 is 1.93. The van der Waals surface area contributed by atoms with Crippen LogP contribution in [0, 0.1) is 5.92 Å². The molecule has 0 bridgehead atoms. The van der Waals surface area contributed by atoms with Gasteiger partial charge >= 0.3 is 0 Å². The fourth-order valence-electron chi connectivity index (χ4n) is 1.26. The maximum atomic E-state index is 11.2. The van der Waals surface area contributed by atoms with Gasteiger partial charge in [-0.15, -0.1) is 0 Å². The van der Waals surface area contributed by atoms with Crippen molar-refractivity contribution in [3.63, 3.8) is 0 Å². The fraction of sp³-hybridized carbons (Fsp3) is 0.875. The number of rotatable bonds is 0. The summed E-state index contributed by atoms with van der Waals surface area (Å²) in [6, 6.07) is 0. The zero-order chi connectivity index (χ0) is 7.72. The summed E-state index contributed by atoms with van der Waals surface area (Å²) < 4.78 is 0. The number of hydrogen-bond acceptors (Lipinski definition) is 2. The summed E-state index contributed by atoms with van der Waals surface area (Å²) in [5.74, 6) is 0.722. The van der Waals surface area contributed by atoms with Crippen LogP contribution in [-0.4, -0.2) is 16.3 Å². The summed E-state index contributed by atoms with van der Waals surface area (Å²) in [6.07, 6.45) is 0.774. The number of carbonyl (C=O) groups excluding carboxylic acids is 1. The number of Topliss-reactive ketones (excluding diaryl/α,β-unsaturated/α-hetero) is 1. The highest BCUT2D eigenvalue weighted by molar-refractivity contribution is 8.00. The first-order valence-electron chi connectivity index (χ1n) is 3.79. The van der Waals surface area contributed by atoms with Gasteiger partial charge in [0, 0.05) is 22.8 Å². The maximum absolute atomic E-state index is 11.2. The fourth-order valence-corrected chi connectivity index (χ4v) is 2.64. The number of hydrogen-bond donors (Lipinski definition) is 0. The quantitative estimate of drug-likeness (QED) is 0.537. The summed E-state index contributed by atoms with van der Waals surface area (Å²) in [4.78, 5) is 11.2. The molecule has 1 saturated heterocycles. The van der Waals surface area contributed by atoms with E-state index in [0.29, 0.717) is 16.3 Å². The van der Waals surface area contributed by atoms with Crippen LogP contribution in [-0.2, 0) is 4.79 Å². The molecule has 0 spiro atoms. The van der Waals surface area contributed by atoms with Crippen molar-refractivity contribution in [3.8, 4) is 0 Å². The first-order chi connectivity index (χ1) is 4.61. The monoisotopic (exact) mass is 158 g/mol. The molecule has 0 aliphatic carbocycles. The van der Waals surface area contributed by atoms with Gasteiger partial charge in [-0.1, -0.05) is 20.8 Å². The van der Waals surface area contributed by atoms with Crippen LogP contribution in [0.3, 0.4) is 0 Å². The van der Waals surface area contributed by atoms with Gasteiger partial charge in [0.2, 0.25) is 0 Å². The highest BCUT2D eigenvalue weighted by Gasteiger charge is 2.28. The Labute approximate surface area is 66.6 Å². The summed E-state index contributed by atoms with van der Waals surface area (Å²) in [5.41, 5.74) is 0. The largest absolute Gasteiger partial charge is 0.299 e. The van der Waals surface area contributed by atoms with Crippen molar-refractivity contribution < 1.29 is 4.79 Å². The first kappa shape index (κ1) is 8.12. The molecule has 1 rings (SSSR count). The van der Waals surface area contributed by atoms with Gasteiger partial charge in [-0.05, 0) is 0 Å². The second kappa shape index (κ2) is 2.95. The third kappa shape index (κ3) is 1.54. The van der Waals surface area contributed by atoms with Gasteiger partial charge in [-0.25, -0.2) is 0 Å². The molecule has 58 valence electrons. The highest BCUT2D eigenvalue weighted by atomic mass is 32.2. The van der Waals surface area contributed by atoms with Crippen LogP contribution >= 0.6 is 11.8 Å². The molecule has 3 unspecified atom stereocenters. The van der Waals surface area contributed by atoms with Crippen molar-refractivity contribution in [2.24, 2.45) is 5.92 Å². The van der Waals surface area contributed by atoms with Crippen molar-refractivity contribution >= 4 is 17.5 Å². The van der Waals surface area contributed by atoms with E-state index >= 15 is 0 Å². The third-order valence-corrected chi connectivity index (χ3v) is 3.62. The standard InChI is InChI=1S/C8H14OS/c1-5-4-8(9)6(2)7(3)10-5/h5-7H,4H2,1-3H3.